The zero-order chi connectivity index (χ0) is 17.1. The molecule has 0 aliphatic carbocycles. The number of nitrogens with zero attached hydrogens (tertiary/aromatic N) is 1. The number of nitrogens with one attached hydrogen (secondary N) is 1. The molecular formula is C18H18N2O3S. The first-order chi connectivity index (χ1) is 11.6. The Kier molecular flexibility index (Phi) is 4.66. The van der Waals surface area contributed by atoms with Crippen LogP contribution in [-0.4, -0.2) is 24.1 Å². The second-order valence-electron chi connectivity index (χ2n) is 5.37. The molecule has 3 aromatic rings. The summed E-state index contributed by atoms with van der Waals surface area (Å²) in [6, 6.07) is 13.1. The number of hydrogen-bond donors (Lipinski definition) is 1. The Morgan fingerprint density at radius 1 is 1.21 bits per heavy atom. The van der Waals surface area contributed by atoms with Gasteiger partial charge in [0.25, 0.3) is 5.91 Å². The number of aryl methyl sites for hydroxylation is 1. The van der Waals surface area contributed by atoms with E-state index >= 15 is 0 Å². The van der Waals surface area contributed by atoms with Gasteiger partial charge >= 0.3 is 0 Å². The highest BCUT2D eigenvalue weighted by atomic mass is 32.1. The van der Waals surface area contributed by atoms with Crippen molar-refractivity contribution in [2.45, 2.75) is 20.0 Å². The molecule has 1 heterocycles. The third kappa shape index (κ3) is 3.49. The van der Waals surface area contributed by atoms with Crippen molar-refractivity contribution in [2.24, 2.45) is 0 Å². The van der Waals surface area contributed by atoms with Gasteiger partial charge in [-0.2, -0.15) is 0 Å². The number of methoxy groups -OCH3 is 1. The summed E-state index contributed by atoms with van der Waals surface area (Å²) in [6.45, 7) is 3.70. The van der Waals surface area contributed by atoms with E-state index in [1.807, 2.05) is 37.3 Å². The standard InChI is InChI=1S/C18H18N2O3S/c1-11-6-4-9-15-16(11)19-18(24-15)20-17(21)12(2)23-14-8-5-7-13(10-14)22-3/h4-10,12H,1-3H3,(H,19,20,21). The number of benzene rings is 2. The van der Waals surface area contributed by atoms with Crippen molar-refractivity contribution in [3.05, 3.63) is 48.0 Å². The molecule has 0 spiro atoms. The maximum atomic E-state index is 12.3. The normalized spacial score (nSPS) is 12.0. The van der Waals surface area contributed by atoms with E-state index < -0.39 is 6.10 Å². The van der Waals surface area contributed by atoms with E-state index in [0.717, 1.165) is 15.8 Å². The number of para-hydroxylation sites is 1. The molecule has 0 aliphatic rings. The van der Waals surface area contributed by atoms with E-state index in [2.05, 4.69) is 10.3 Å². The monoisotopic (exact) mass is 342 g/mol. The van der Waals surface area contributed by atoms with Crippen molar-refractivity contribution in [3.63, 3.8) is 0 Å². The number of amides is 1. The first-order valence-electron chi connectivity index (χ1n) is 7.54. The van der Waals surface area contributed by atoms with Gasteiger partial charge in [-0.15, -0.1) is 0 Å². The van der Waals surface area contributed by atoms with Crippen LogP contribution in [0.25, 0.3) is 10.2 Å². The molecule has 1 aromatic heterocycles. The molecule has 1 atom stereocenters. The Balaban J connectivity index is 1.69. The third-order valence-corrected chi connectivity index (χ3v) is 4.51. The number of aromatic nitrogens is 1. The molecule has 0 radical (unpaired) electrons. The number of carbonyl (C=O) groups is 1. The molecule has 0 bridgehead atoms. The molecule has 0 saturated carbocycles. The second kappa shape index (κ2) is 6.88. The van der Waals surface area contributed by atoms with Crippen LogP contribution in [0.3, 0.4) is 0 Å². The SMILES string of the molecule is COc1cccc(OC(C)C(=O)Nc2nc3c(C)cccc3s2)c1. The molecule has 1 amide bonds. The minimum absolute atomic E-state index is 0.241. The quantitative estimate of drug-likeness (QED) is 0.761. The molecule has 24 heavy (non-hydrogen) atoms. The number of hydrogen-bond acceptors (Lipinski definition) is 5. The van der Waals surface area contributed by atoms with Gasteiger partial charge in [-0.1, -0.05) is 29.5 Å². The molecule has 124 valence electrons. The summed E-state index contributed by atoms with van der Waals surface area (Å²) in [4.78, 5) is 16.8. The van der Waals surface area contributed by atoms with Crippen LogP contribution in [0.15, 0.2) is 42.5 Å². The number of carbonyl (C=O) groups excluding carboxylic acids is 1. The first kappa shape index (κ1) is 16.3. The Labute approximate surface area is 144 Å². The van der Waals surface area contributed by atoms with Gasteiger partial charge in [-0.3, -0.25) is 10.1 Å². The lowest BCUT2D eigenvalue weighted by Crippen LogP contribution is -2.30. The Morgan fingerprint density at radius 3 is 2.71 bits per heavy atom. The van der Waals surface area contributed by atoms with Gasteiger partial charge in [-0.05, 0) is 37.6 Å². The smallest absolute Gasteiger partial charge is 0.266 e. The molecule has 1 N–H and O–H groups in total. The van der Waals surface area contributed by atoms with Gasteiger partial charge in [-0.25, -0.2) is 4.98 Å². The van der Waals surface area contributed by atoms with E-state index in [4.69, 9.17) is 9.47 Å². The number of anilines is 1. The largest absolute Gasteiger partial charge is 0.497 e. The Hall–Kier alpha value is -2.60. The lowest BCUT2D eigenvalue weighted by Gasteiger charge is -2.14. The van der Waals surface area contributed by atoms with Crippen molar-refractivity contribution in [1.82, 2.24) is 4.98 Å². The lowest BCUT2D eigenvalue weighted by molar-refractivity contribution is -0.122. The highest BCUT2D eigenvalue weighted by Gasteiger charge is 2.17. The van der Waals surface area contributed by atoms with Crippen molar-refractivity contribution in [2.75, 3.05) is 12.4 Å². The molecule has 6 heteroatoms. The number of thiazole rings is 1. The van der Waals surface area contributed by atoms with Gasteiger partial charge in [0.1, 0.15) is 11.5 Å². The molecule has 0 aliphatic heterocycles. The highest BCUT2D eigenvalue weighted by Crippen LogP contribution is 2.28. The zero-order valence-corrected chi connectivity index (χ0v) is 14.5. The van der Waals surface area contributed by atoms with Crippen LogP contribution in [0.4, 0.5) is 5.13 Å². The van der Waals surface area contributed by atoms with Crippen LogP contribution in [0.1, 0.15) is 12.5 Å². The summed E-state index contributed by atoms with van der Waals surface area (Å²) < 4.78 is 11.9. The number of ether oxygens (including phenoxy) is 2. The number of rotatable bonds is 5. The predicted octanol–water partition coefficient (Wildman–Crippen LogP) is 4.02. The average molecular weight is 342 g/mol. The highest BCUT2D eigenvalue weighted by molar-refractivity contribution is 7.22. The fourth-order valence-corrected chi connectivity index (χ4v) is 3.23. The van der Waals surface area contributed by atoms with Crippen LogP contribution in [0.5, 0.6) is 11.5 Å². The molecule has 0 fully saturated rings. The van der Waals surface area contributed by atoms with Crippen molar-refractivity contribution in [3.8, 4) is 11.5 Å². The summed E-state index contributed by atoms with van der Waals surface area (Å²) >= 11 is 1.45. The maximum Gasteiger partial charge on any atom is 0.266 e. The minimum Gasteiger partial charge on any atom is -0.497 e. The fraction of sp³-hybridized carbons (Fsp3) is 0.222. The summed E-state index contributed by atoms with van der Waals surface area (Å²) in [7, 11) is 1.59. The molecule has 0 saturated heterocycles. The Morgan fingerprint density at radius 2 is 1.96 bits per heavy atom. The topological polar surface area (TPSA) is 60.5 Å². The van der Waals surface area contributed by atoms with Crippen LogP contribution in [-0.2, 0) is 4.79 Å². The first-order valence-corrected chi connectivity index (χ1v) is 8.36. The summed E-state index contributed by atoms with van der Waals surface area (Å²) in [6.07, 6.45) is -0.648. The predicted molar refractivity (Wildman–Crippen MR) is 96.1 cm³/mol. The van der Waals surface area contributed by atoms with Gasteiger partial charge in [0.05, 0.1) is 17.3 Å². The van der Waals surface area contributed by atoms with E-state index in [9.17, 15) is 4.79 Å². The zero-order valence-electron chi connectivity index (χ0n) is 13.7. The fourth-order valence-electron chi connectivity index (χ4n) is 2.28. The van der Waals surface area contributed by atoms with Crippen LogP contribution in [0.2, 0.25) is 0 Å². The van der Waals surface area contributed by atoms with Crippen LogP contribution < -0.4 is 14.8 Å². The van der Waals surface area contributed by atoms with E-state index in [-0.39, 0.29) is 5.91 Å². The maximum absolute atomic E-state index is 12.3. The molecule has 2 aromatic carbocycles. The van der Waals surface area contributed by atoms with Crippen LogP contribution in [0, 0.1) is 6.92 Å². The van der Waals surface area contributed by atoms with Gasteiger partial charge < -0.3 is 9.47 Å². The summed E-state index contributed by atoms with van der Waals surface area (Å²) in [5.74, 6) is 1.02. The molecule has 1 unspecified atom stereocenters. The van der Waals surface area contributed by atoms with Gasteiger partial charge in [0, 0.05) is 6.07 Å². The third-order valence-electron chi connectivity index (χ3n) is 3.57. The van der Waals surface area contributed by atoms with Gasteiger partial charge in [0.2, 0.25) is 0 Å². The summed E-state index contributed by atoms with van der Waals surface area (Å²) in [5, 5.41) is 3.39. The van der Waals surface area contributed by atoms with E-state index in [1.54, 1.807) is 26.2 Å². The Bertz CT molecular complexity index is 876. The summed E-state index contributed by atoms with van der Waals surface area (Å²) in [5.41, 5.74) is 2.00. The minimum atomic E-state index is -0.648. The van der Waals surface area contributed by atoms with Gasteiger partial charge in [0.15, 0.2) is 11.2 Å². The van der Waals surface area contributed by atoms with E-state index in [0.29, 0.717) is 16.6 Å². The van der Waals surface area contributed by atoms with Crippen LogP contribution >= 0.6 is 11.3 Å². The average Bonchev–Trinajstić information content (AvgIpc) is 2.99. The van der Waals surface area contributed by atoms with E-state index in [1.165, 1.54) is 11.3 Å². The molecule has 5 nitrogen and oxygen atoms in total. The number of fused-ring (bicyclic) bond motifs is 1. The molecular weight excluding hydrogens is 324 g/mol. The van der Waals surface area contributed by atoms with Crippen molar-refractivity contribution in [1.29, 1.82) is 0 Å². The van der Waals surface area contributed by atoms with Crippen molar-refractivity contribution >= 4 is 32.6 Å². The second-order valence-corrected chi connectivity index (χ2v) is 6.40. The van der Waals surface area contributed by atoms with Crippen molar-refractivity contribution < 1.29 is 14.3 Å². The molecule has 3 rings (SSSR count). The lowest BCUT2D eigenvalue weighted by atomic mass is 10.2.